The first kappa shape index (κ1) is 17.0. The molecule has 2 atom stereocenters. The Hall–Kier alpha value is -1.02. The number of hydrogen-bond donors (Lipinski definition) is 1. The molecule has 1 rings (SSSR count). The van der Waals surface area contributed by atoms with Gasteiger partial charge in [0.1, 0.15) is 5.75 Å². The highest BCUT2D eigenvalue weighted by atomic mass is 16.5. The van der Waals surface area contributed by atoms with Crippen LogP contribution in [-0.2, 0) is 0 Å². The smallest absolute Gasteiger partial charge is 0.124 e. The molecule has 0 fully saturated rings. The fourth-order valence-corrected chi connectivity index (χ4v) is 3.20. The average molecular weight is 277 g/mol. The van der Waals surface area contributed by atoms with Crippen LogP contribution >= 0.6 is 0 Å². The third-order valence-electron chi connectivity index (χ3n) is 4.26. The van der Waals surface area contributed by atoms with Crippen molar-refractivity contribution in [2.24, 2.45) is 5.92 Å². The predicted octanol–water partition coefficient (Wildman–Crippen LogP) is 4.79. The molecule has 0 spiro atoms. The van der Waals surface area contributed by atoms with Crippen molar-refractivity contribution < 1.29 is 4.74 Å². The molecule has 1 N–H and O–H groups in total. The molecule has 1 aromatic rings. The second kappa shape index (κ2) is 8.31. The highest BCUT2D eigenvalue weighted by Crippen LogP contribution is 2.37. The molecule has 0 saturated heterocycles. The van der Waals surface area contributed by atoms with Crippen LogP contribution in [0.25, 0.3) is 0 Å². The summed E-state index contributed by atoms with van der Waals surface area (Å²) in [7, 11) is 3.84. The maximum absolute atomic E-state index is 5.65. The SMILES string of the molecule is CCCCC(CC)C(NC)c1c(C)cc(C)cc1OC. The zero-order valence-corrected chi connectivity index (χ0v) is 14.0. The molecule has 2 unspecified atom stereocenters. The van der Waals surface area contributed by atoms with Crippen LogP contribution < -0.4 is 10.1 Å². The number of benzene rings is 1. The Labute approximate surface area is 124 Å². The summed E-state index contributed by atoms with van der Waals surface area (Å²) in [5.74, 6) is 1.69. The van der Waals surface area contributed by atoms with E-state index in [9.17, 15) is 0 Å². The van der Waals surface area contributed by atoms with E-state index in [2.05, 4.69) is 52.2 Å². The highest BCUT2D eigenvalue weighted by molar-refractivity contribution is 5.45. The van der Waals surface area contributed by atoms with Gasteiger partial charge in [-0.1, -0.05) is 39.2 Å². The minimum absolute atomic E-state index is 0.377. The van der Waals surface area contributed by atoms with Crippen LogP contribution in [0.2, 0.25) is 0 Å². The molecule has 0 heterocycles. The van der Waals surface area contributed by atoms with Gasteiger partial charge in [-0.15, -0.1) is 0 Å². The van der Waals surface area contributed by atoms with E-state index in [1.807, 2.05) is 0 Å². The largest absolute Gasteiger partial charge is 0.496 e. The van der Waals surface area contributed by atoms with Crippen molar-refractivity contribution in [3.05, 3.63) is 28.8 Å². The maximum Gasteiger partial charge on any atom is 0.124 e. The van der Waals surface area contributed by atoms with Gasteiger partial charge in [-0.25, -0.2) is 0 Å². The van der Waals surface area contributed by atoms with Gasteiger partial charge in [0.05, 0.1) is 7.11 Å². The molecule has 0 amide bonds. The Bertz CT molecular complexity index is 414. The number of nitrogens with one attached hydrogen (secondary N) is 1. The van der Waals surface area contributed by atoms with Crippen molar-refractivity contribution in [3.8, 4) is 5.75 Å². The summed E-state index contributed by atoms with van der Waals surface area (Å²) in [6.07, 6.45) is 5.03. The molecule has 0 aliphatic rings. The van der Waals surface area contributed by atoms with Crippen LogP contribution in [0.15, 0.2) is 12.1 Å². The topological polar surface area (TPSA) is 21.3 Å². The van der Waals surface area contributed by atoms with Crippen LogP contribution in [0.5, 0.6) is 5.75 Å². The molecule has 0 aromatic heterocycles. The Morgan fingerprint density at radius 3 is 2.40 bits per heavy atom. The molecule has 0 bridgehead atoms. The molecule has 20 heavy (non-hydrogen) atoms. The number of unbranched alkanes of at least 4 members (excludes halogenated alkanes) is 1. The van der Waals surface area contributed by atoms with E-state index in [1.54, 1.807) is 7.11 Å². The monoisotopic (exact) mass is 277 g/mol. The number of rotatable bonds is 8. The van der Waals surface area contributed by atoms with Crippen molar-refractivity contribution in [2.45, 2.75) is 59.4 Å². The van der Waals surface area contributed by atoms with Crippen LogP contribution in [0.1, 0.15) is 62.3 Å². The summed E-state index contributed by atoms with van der Waals surface area (Å²) in [4.78, 5) is 0. The van der Waals surface area contributed by atoms with Gasteiger partial charge >= 0.3 is 0 Å². The van der Waals surface area contributed by atoms with E-state index in [-0.39, 0.29) is 0 Å². The summed E-state index contributed by atoms with van der Waals surface area (Å²) in [5, 5.41) is 3.53. The molecule has 0 aliphatic heterocycles. The highest BCUT2D eigenvalue weighted by Gasteiger charge is 2.24. The van der Waals surface area contributed by atoms with Crippen molar-refractivity contribution in [1.82, 2.24) is 5.32 Å². The Morgan fingerprint density at radius 1 is 1.20 bits per heavy atom. The second-order valence-corrected chi connectivity index (χ2v) is 5.77. The van der Waals surface area contributed by atoms with Crippen molar-refractivity contribution in [1.29, 1.82) is 0 Å². The molecule has 2 heteroatoms. The van der Waals surface area contributed by atoms with Gasteiger partial charge in [-0.2, -0.15) is 0 Å². The van der Waals surface area contributed by atoms with Gasteiger partial charge in [0.2, 0.25) is 0 Å². The first-order valence-corrected chi connectivity index (χ1v) is 7.91. The van der Waals surface area contributed by atoms with Gasteiger partial charge in [-0.3, -0.25) is 0 Å². The molecule has 114 valence electrons. The van der Waals surface area contributed by atoms with E-state index < -0.39 is 0 Å². The minimum atomic E-state index is 0.377. The van der Waals surface area contributed by atoms with Crippen molar-refractivity contribution in [3.63, 3.8) is 0 Å². The molecule has 1 aromatic carbocycles. The fraction of sp³-hybridized carbons (Fsp3) is 0.667. The number of methoxy groups -OCH3 is 1. The van der Waals surface area contributed by atoms with Gasteiger partial charge in [-0.05, 0) is 50.4 Å². The van der Waals surface area contributed by atoms with Crippen LogP contribution in [0.4, 0.5) is 0 Å². The summed E-state index contributed by atoms with van der Waals surface area (Å²) in [6.45, 7) is 8.88. The van der Waals surface area contributed by atoms with Gasteiger partial charge in [0.15, 0.2) is 0 Å². The van der Waals surface area contributed by atoms with Crippen LogP contribution in [-0.4, -0.2) is 14.2 Å². The van der Waals surface area contributed by atoms with E-state index in [0.717, 1.165) is 5.75 Å². The quantitative estimate of drug-likeness (QED) is 0.737. The average Bonchev–Trinajstić information content (AvgIpc) is 2.44. The zero-order valence-electron chi connectivity index (χ0n) is 14.0. The van der Waals surface area contributed by atoms with Crippen molar-refractivity contribution in [2.75, 3.05) is 14.2 Å². The minimum Gasteiger partial charge on any atom is -0.496 e. The Balaban J connectivity index is 3.16. The number of aryl methyl sites for hydroxylation is 2. The van der Waals surface area contributed by atoms with Gasteiger partial charge < -0.3 is 10.1 Å². The van der Waals surface area contributed by atoms with Crippen LogP contribution in [0.3, 0.4) is 0 Å². The molecule has 0 aliphatic carbocycles. The Morgan fingerprint density at radius 2 is 1.90 bits per heavy atom. The van der Waals surface area contributed by atoms with Crippen LogP contribution in [0, 0.1) is 19.8 Å². The number of ether oxygens (including phenoxy) is 1. The molecular weight excluding hydrogens is 246 g/mol. The van der Waals surface area contributed by atoms with Gasteiger partial charge in [0.25, 0.3) is 0 Å². The summed E-state index contributed by atoms with van der Waals surface area (Å²) in [6, 6.07) is 4.79. The van der Waals surface area contributed by atoms with Gasteiger partial charge in [0, 0.05) is 11.6 Å². The normalized spacial score (nSPS) is 14.1. The Kier molecular flexibility index (Phi) is 7.08. The first-order valence-electron chi connectivity index (χ1n) is 7.91. The molecule has 2 nitrogen and oxygen atoms in total. The third kappa shape index (κ3) is 3.99. The van der Waals surface area contributed by atoms with Crippen molar-refractivity contribution >= 4 is 0 Å². The first-order chi connectivity index (χ1) is 9.58. The third-order valence-corrected chi connectivity index (χ3v) is 4.26. The van der Waals surface area contributed by atoms with E-state index in [1.165, 1.54) is 42.4 Å². The zero-order chi connectivity index (χ0) is 15.1. The summed E-state index contributed by atoms with van der Waals surface area (Å²) >= 11 is 0. The number of hydrogen-bond acceptors (Lipinski definition) is 2. The summed E-state index contributed by atoms with van der Waals surface area (Å²) < 4.78 is 5.65. The van der Waals surface area contributed by atoms with E-state index >= 15 is 0 Å². The summed E-state index contributed by atoms with van der Waals surface area (Å²) in [5.41, 5.74) is 3.93. The van der Waals surface area contributed by atoms with E-state index in [4.69, 9.17) is 4.74 Å². The predicted molar refractivity (Wildman–Crippen MR) is 87.6 cm³/mol. The lowest BCUT2D eigenvalue weighted by atomic mass is 9.84. The fourth-order valence-electron chi connectivity index (χ4n) is 3.20. The lowest BCUT2D eigenvalue weighted by Gasteiger charge is -2.29. The second-order valence-electron chi connectivity index (χ2n) is 5.77. The standard InChI is InChI=1S/C18H31NO/c1-7-9-10-15(8-2)18(19-5)17-14(4)11-13(3)12-16(17)20-6/h11-12,15,18-19H,7-10H2,1-6H3. The lowest BCUT2D eigenvalue weighted by Crippen LogP contribution is -2.26. The molecular formula is C18H31NO. The maximum atomic E-state index is 5.65. The molecule has 0 saturated carbocycles. The lowest BCUT2D eigenvalue weighted by molar-refractivity contribution is 0.323. The molecule has 0 radical (unpaired) electrons. The van der Waals surface area contributed by atoms with E-state index in [0.29, 0.717) is 12.0 Å².